The zero-order chi connectivity index (χ0) is 13.2. The van der Waals surface area contributed by atoms with Crippen LogP contribution in [0.15, 0.2) is 22.9 Å². The van der Waals surface area contributed by atoms with Gasteiger partial charge in [-0.1, -0.05) is 13.0 Å². The highest BCUT2D eigenvalue weighted by Crippen LogP contribution is 2.27. The smallest absolute Gasteiger partial charge is 0.271 e. The maximum atomic E-state index is 12.0. The molecular formula is C13H16N2OS2. The second-order valence-electron chi connectivity index (χ2n) is 4.71. The molecule has 18 heavy (non-hydrogen) atoms. The van der Waals surface area contributed by atoms with E-state index in [0.29, 0.717) is 5.69 Å². The third kappa shape index (κ3) is 2.97. The molecule has 1 N–H and O–H groups in total. The van der Waals surface area contributed by atoms with Crippen LogP contribution in [0.5, 0.6) is 0 Å². The maximum Gasteiger partial charge on any atom is 0.271 e. The molecule has 0 radical (unpaired) electrons. The average molecular weight is 280 g/mol. The molecule has 0 bridgehead atoms. The number of thiazole rings is 1. The van der Waals surface area contributed by atoms with Gasteiger partial charge in [-0.15, -0.1) is 22.7 Å². The summed E-state index contributed by atoms with van der Waals surface area (Å²) in [5.74, 6) is -0.0964. The Bertz CT molecular complexity index is 529. The van der Waals surface area contributed by atoms with Crippen LogP contribution in [0.25, 0.3) is 9.88 Å². The Hall–Kier alpha value is -1.20. The lowest BCUT2D eigenvalue weighted by atomic mass is 10.0. The van der Waals surface area contributed by atoms with E-state index in [1.165, 1.54) is 11.3 Å². The molecule has 2 heterocycles. The molecule has 0 aromatic carbocycles. The van der Waals surface area contributed by atoms with Gasteiger partial charge in [0.05, 0.1) is 4.88 Å². The summed E-state index contributed by atoms with van der Waals surface area (Å²) in [5, 5.41) is 7.72. The van der Waals surface area contributed by atoms with Gasteiger partial charge in [0.25, 0.3) is 5.91 Å². The molecule has 0 saturated heterocycles. The molecule has 2 rings (SSSR count). The molecule has 0 saturated carbocycles. The molecule has 0 atom stereocenters. The first kappa shape index (κ1) is 13.2. The minimum absolute atomic E-state index is 0.0964. The quantitative estimate of drug-likeness (QED) is 0.925. The molecule has 5 heteroatoms. The highest BCUT2D eigenvalue weighted by molar-refractivity contribution is 7.20. The van der Waals surface area contributed by atoms with Crippen molar-refractivity contribution in [2.45, 2.75) is 32.7 Å². The van der Waals surface area contributed by atoms with E-state index in [1.807, 2.05) is 36.7 Å². The molecule has 0 aliphatic rings. The van der Waals surface area contributed by atoms with Gasteiger partial charge < -0.3 is 5.32 Å². The van der Waals surface area contributed by atoms with Crippen molar-refractivity contribution >= 4 is 28.6 Å². The standard InChI is InChI=1S/C13H16N2OS2/c1-4-13(2,3)15-11(16)9-8-18-12(14-9)10-6-5-7-17-10/h5-8H,4H2,1-3H3,(H,15,16). The number of hydrogen-bond donors (Lipinski definition) is 1. The largest absolute Gasteiger partial charge is 0.346 e. The van der Waals surface area contributed by atoms with Gasteiger partial charge in [-0.2, -0.15) is 0 Å². The van der Waals surface area contributed by atoms with Gasteiger partial charge in [0, 0.05) is 10.9 Å². The number of rotatable bonds is 4. The van der Waals surface area contributed by atoms with Gasteiger partial charge in [0.15, 0.2) is 0 Å². The predicted molar refractivity (Wildman–Crippen MR) is 77.3 cm³/mol. The van der Waals surface area contributed by atoms with Crippen LogP contribution in [0, 0.1) is 0 Å². The molecule has 0 unspecified atom stereocenters. The van der Waals surface area contributed by atoms with Crippen LogP contribution in [0.1, 0.15) is 37.7 Å². The summed E-state index contributed by atoms with van der Waals surface area (Å²) in [6.45, 7) is 6.08. The first-order chi connectivity index (χ1) is 8.52. The van der Waals surface area contributed by atoms with Crippen molar-refractivity contribution in [1.82, 2.24) is 10.3 Å². The lowest BCUT2D eigenvalue weighted by Gasteiger charge is -2.23. The van der Waals surface area contributed by atoms with Crippen LogP contribution >= 0.6 is 22.7 Å². The van der Waals surface area contributed by atoms with Gasteiger partial charge >= 0.3 is 0 Å². The first-order valence-electron chi connectivity index (χ1n) is 5.84. The summed E-state index contributed by atoms with van der Waals surface area (Å²) in [6.07, 6.45) is 0.890. The number of thiophene rings is 1. The zero-order valence-electron chi connectivity index (χ0n) is 10.7. The van der Waals surface area contributed by atoms with E-state index in [1.54, 1.807) is 11.3 Å². The van der Waals surface area contributed by atoms with Gasteiger partial charge in [-0.25, -0.2) is 4.98 Å². The summed E-state index contributed by atoms with van der Waals surface area (Å²) in [4.78, 5) is 17.5. The minimum Gasteiger partial charge on any atom is -0.346 e. The molecule has 0 aliphatic heterocycles. The van der Waals surface area contributed by atoms with Crippen molar-refractivity contribution in [2.24, 2.45) is 0 Å². The topological polar surface area (TPSA) is 42.0 Å². The Balaban J connectivity index is 2.13. The van der Waals surface area contributed by atoms with E-state index >= 15 is 0 Å². The zero-order valence-corrected chi connectivity index (χ0v) is 12.3. The van der Waals surface area contributed by atoms with E-state index in [-0.39, 0.29) is 11.4 Å². The molecule has 0 spiro atoms. The Kier molecular flexibility index (Phi) is 3.82. The average Bonchev–Trinajstić information content (AvgIpc) is 2.99. The van der Waals surface area contributed by atoms with Crippen LogP contribution in [0.2, 0.25) is 0 Å². The fourth-order valence-electron chi connectivity index (χ4n) is 1.35. The summed E-state index contributed by atoms with van der Waals surface area (Å²) in [6, 6.07) is 4.00. The van der Waals surface area contributed by atoms with Crippen molar-refractivity contribution in [3.63, 3.8) is 0 Å². The summed E-state index contributed by atoms with van der Waals surface area (Å²) >= 11 is 3.14. The lowest BCUT2D eigenvalue weighted by Crippen LogP contribution is -2.42. The Labute approximate surface area is 115 Å². The first-order valence-corrected chi connectivity index (χ1v) is 7.59. The van der Waals surface area contributed by atoms with Crippen LogP contribution < -0.4 is 5.32 Å². The van der Waals surface area contributed by atoms with Crippen LogP contribution in [-0.4, -0.2) is 16.4 Å². The van der Waals surface area contributed by atoms with E-state index in [0.717, 1.165) is 16.3 Å². The number of nitrogens with zero attached hydrogens (tertiary/aromatic N) is 1. The van der Waals surface area contributed by atoms with Crippen molar-refractivity contribution in [1.29, 1.82) is 0 Å². The number of hydrogen-bond acceptors (Lipinski definition) is 4. The molecule has 1 amide bonds. The maximum absolute atomic E-state index is 12.0. The van der Waals surface area contributed by atoms with Crippen LogP contribution in [-0.2, 0) is 0 Å². The highest BCUT2D eigenvalue weighted by Gasteiger charge is 2.20. The third-order valence-corrected chi connectivity index (χ3v) is 4.69. The summed E-state index contributed by atoms with van der Waals surface area (Å²) in [5.41, 5.74) is 0.314. The summed E-state index contributed by atoms with van der Waals surface area (Å²) in [7, 11) is 0. The molecular weight excluding hydrogens is 264 g/mol. The number of amides is 1. The Morgan fingerprint density at radius 1 is 1.44 bits per heavy atom. The minimum atomic E-state index is -0.191. The Morgan fingerprint density at radius 3 is 2.83 bits per heavy atom. The molecule has 0 fully saturated rings. The number of carbonyl (C=O) groups excluding carboxylic acids is 1. The van der Waals surface area contributed by atoms with Gasteiger partial charge in [-0.05, 0) is 31.7 Å². The lowest BCUT2D eigenvalue weighted by molar-refractivity contribution is 0.0907. The predicted octanol–water partition coefficient (Wildman–Crippen LogP) is 3.79. The molecule has 2 aromatic heterocycles. The molecule has 0 aliphatic carbocycles. The van der Waals surface area contributed by atoms with Gasteiger partial charge in [-0.3, -0.25) is 4.79 Å². The van der Waals surface area contributed by atoms with Crippen molar-refractivity contribution in [2.75, 3.05) is 0 Å². The SMILES string of the molecule is CCC(C)(C)NC(=O)c1csc(-c2cccs2)n1. The molecule has 96 valence electrons. The Morgan fingerprint density at radius 2 is 2.22 bits per heavy atom. The van der Waals surface area contributed by atoms with Crippen LogP contribution in [0.4, 0.5) is 0 Å². The fourth-order valence-corrected chi connectivity index (χ4v) is 2.97. The number of nitrogens with one attached hydrogen (secondary N) is 1. The fraction of sp³-hybridized carbons (Fsp3) is 0.385. The van der Waals surface area contributed by atoms with Crippen molar-refractivity contribution in [3.05, 3.63) is 28.6 Å². The third-order valence-electron chi connectivity index (χ3n) is 2.80. The monoisotopic (exact) mass is 280 g/mol. The van der Waals surface area contributed by atoms with Crippen LogP contribution in [0.3, 0.4) is 0 Å². The number of carbonyl (C=O) groups is 1. The van der Waals surface area contributed by atoms with Gasteiger partial charge in [0.1, 0.15) is 10.7 Å². The van der Waals surface area contributed by atoms with Gasteiger partial charge in [0.2, 0.25) is 0 Å². The summed E-state index contributed by atoms with van der Waals surface area (Å²) < 4.78 is 0. The second kappa shape index (κ2) is 5.20. The highest BCUT2D eigenvalue weighted by atomic mass is 32.1. The second-order valence-corrected chi connectivity index (χ2v) is 6.51. The number of aromatic nitrogens is 1. The van der Waals surface area contributed by atoms with E-state index in [9.17, 15) is 4.79 Å². The van der Waals surface area contributed by atoms with E-state index in [2.05, 4.69) is 17.2 Å². The van der Waals surface area contributed by atoms with E-state index < -0.39 is 0 Å². The molecule has 2 aromatic rings. The van der Waals surface area contributed by atoms with Crippen molar-refractivity contribution < 1.29 is 4.79 Å². The normalized spacial score (nSPS) is 11.5. The van der Waals surface area contributed by atoms with Crippen molar-refractivity contribution in [3.8, 4) is 9.88 Å². The molecule has 3 nitrogen and oxygen atoms in total. The van der Waals surface area contributed by atoms with E-state index in [4.69, 9.17) is 0 Å².